The van der Waals surface area contributed by atoms with E-state index < -0.39 is 17.5 Å². The Morgan fingerprint density at radius 2 is 1.92 bits per heavy atom. The molecule has 1 N–H and O–H groups in total. The highest BCUT2D eigenvalue weighted by atomic mass is 19.1. The van der Waals surface area contributed by atoms with E-state index in [0.29, 0.717) is 24.3 Å². The number of carbonyl (C=O) groups is 2. The van der Waals surface area contributed by atoms with Gasteiger partial charge in [-0.2, -0.15) is 0 Å². The molecule has 0 unspecified atom stereocenters. The maximum absolute atomic E-state index is 13.7. The van der Waals surface area contributed by atoms with Crippen LogP contribution in [0, 0.1) is 11.6 Å². The zero-order valence-electron chi connectivity index (χ0n) is 12.9. The number of rotatable bonds is 3. The Balaban J connectivity index is 1.80. The van der Waals surface area contributed by atoms with E-state index in [9.17, 15) is 18.4 Å². The van der Waals surface area contributed by atoms with Crippen LogP contribution in [-0.4, -0.2) is 18.4 Å². The van der Waals surface area contributed by atoms with Crippen molar-refractivity contribution in [3.05, 3.63) is 59.7 Å². The predicted octanol–water partition coefficient (Wildman–Crippen LogP) is 3.73. The summed E-state index contributed by atoms with van der Waals surface area (Å²) in [5, 5.41) is 2.54. The van der Waals surface area contributed by atoms with E-state index in [1.807, 2.05) is 0 Å². The second-order valence-corrected chi connectivity index (χ2v) is 5.63. The standard InChI is InChI=1S/C18H16F2N2O2/c19-12-7-8-16(20)15(10-12)18(24)21-13-4-3-5-14(11-13)22-9-2-1-6-17(22)23/h3-5,7-8,10-11H,1-2,6,9H2,(H,21,24). The van der Waals surface area contributed by atoms with Gasteiger partial charge in [0.25, 0.3) is 5.91 Å². The van der Waals surface area contributed by atoms with Gasteiger partial charge in [0.1, 0.15) is 11.6 Å². The highest BCUT2D eigenvalue weighted by Gasteiger charge is 2.20. The molecule has 2 aromatic carbocycles. The molecular weight excluding hydrogens is 314 g/mol. The Morgan fingerprint density at radius 1 is 1.08 bits per heavy atom. The molecule has 0 radical (unpaired) electrons. The molecule has 0 aromatic heterocycles. The zero-order valence-corrected chi connectivity index (χ0v) is 12.9. The molecule has 6 heteroatoms. The lowest BCUT2D eigenvalue weighted by Crippen LogP contribution is -2.35. The summed E-state index contributed by atoms with van der Waals surface area (Å²) in [6.07, 6.45) is 2.31. The molecule has 1 heterocycles. The predicted molar refractivity (Wildman–Crippen MR) is 87.0 cm³/mol. The summed E-state index contributed by atoms with van der Waals surface area (Å²) < 4.78 is 26.9. The number of hydrogen-bond donors (Lipinski definition) is 1. The van der Waals surface area contributed by atoms with Gasteiger partial charge in [-0.25, -0.2) is 8.78 Å². The van der Waals surface area contributed by atoms with E-state index in [-0.39, 0.29) is 11.5 Å². The van der Waals surface area contributed by atoms with Crippen molar-refractivity contribution >= 4 is 23.2 Å². The van der Waals surface area contributed by atoms with Crippen molar-refractivity contribution in [1.29, 1.82) is 0 Å². The van der Waals surface area contributed by atoms with Gasteiger partial charge >= 0.3 is 0 Å². The Labute approximate surface area is 138 Å². The molecule has 124 valence electrons. The minimum Gasteiger partial charge on any atom is -0.322 e. The molecule has 0 aliphatic carbocycles. The van der Waals surface area contributed by atoms with Crippen LogP contribution in [0.3, 0.4) is 0 Å². The van der Waals surface area contributed by atoms with Crippen LogP contribution in [0.15, 0.2) is 42.5 Å². The maximum Gasteiger partial charge on any atom is 0.258 e. The van der Waals surface area contributed by atoms with Gasteiger partial charge in [0.2, 0.25) is 5.91 Å². The first-order valence-electron chi connectivity index (χ1n) is 7.71. The molecule has 0 saturated carbocycles. The van der Waals surface area contributed by atoms with Gasteiger partial charge in [-0.3, -0.25) is 9.59 Å². The van der Waals surface area contributed by atoms with Gasteiger partial charge in [-0.15, -0.1) is 0 Å². The SMILES string of the molecule is O=C(Nc1cccc(N2CCCCC2=O)c1)c1cc(F)ccc1F. The summed E-state index contributed by atoms with van der Waals surface area (Å²) in [5.74, 6) is -2.18. The zero-order chi connectivity index (χ0) is 17.1. The third kappa shape index (κ3) is 3.42. The van der Waals surface area contributed by atoms with E-state index in [1.165, 1.54) is 0 Å². The Bertz CT molecular complexity index is 792. The van der Waals surface area contributed by atoms with Crippen LogP contribution >= 0.6 is 0 Å². The molecule has 0 bridgehead atoms. The van der Waals surface area contributed by atoms with E-state index >= 15 is 0 Å². The third-order valence-electron chi connectivity index (χ3n) is 3.91. The fraction of sp³-hybridized carbons (Fsp3) is 0.222. The van der Waals surface area contributed by atoms with Crippen molar-refractivity contribution < 1.29 is 18.4 Å². The fourth-order valence-corrected chi connectivity index (χ4v) is 2.70. The van der Waals surface area contributed by atoms with Crippen LogP contribution in [0.25, 0.3) is 0 Å². The lowest BCUT2D eigenvalue weighted by atomic mass is 10.1. The Kier molecular flexibility index (Phi) is 4.55. The van der Waals surface area contributed by atoms with Crippen LogP contribution in [-0.2, 0) is 4.79 Å². The minimum absolute atomic E-state index is 0.0425. The number of nitrogens with zero attached hydrogens (tertiary/aromatic N) is 1. The molecule has 1 aliphatic rings. The van der Waals surface area contributed by atoms with Crippen LogP contribution in [0.5, 0.6) is 0 Å². The highest BCUT2D eigenvalue weighted by molar-refractivity contribution is 6.05. The van der Waals surface area contributed by atoms with Crippen molar-refractivity contribution in [2.24, 2.45) is 0 Å². The van der Waals surface area contributed by atoms with Gasteiger partial charge in [0.05, 0.1) is 5.56 Å². The molecule has 1 fully saturated rings. The smallest absolute Gasteiger partial charge is 0.258 e. The van der Waals surface area contributed by atoms with Crippen LogP contribution in [0.1, 0.15) is 29.6 Å². The molecular formula is C18H16F2N2O2. The van der Waals surface area contributed by atoms with Gasteiger partial charge in [-0.1, -0.05) is 6.07 Å². The topological polar surface area (TPSA) is 49.4 Å². The van der Waals surface area contributed by atoms with Crippen molar-refractivity contribution in [1.82, 2.24) is 0 Å². The Hall–Kier alpha value is -2.76. The van der Waals surface area contributed by atoms with Gasteiger partial charge in [-0.05, 0) is 49.2 Å². The molecule has 0 spiro atoms. The summed E-state index contributed by atoms with van der Waals surface area (Å²) in [4.78, 5) is 25.8. The Morgan fingerprint density at radius 3 is 2.71 bits per heavy atom. The van der Waals surface area contributed by atoms with Crippen LogP contribution in [0.4, 0.5) is 20.2 Å². The fourth-order valence-electron chi connectivity index (χ4n) is 2.70. The average molecular weight is 330 g/mol. The summed E-state index contributed by atoms with van der Waals surface area (Å²) in [7, 11) is 0. The average Bonchev–Trinajstić information content (AvgIpc) is 2.57. The maximum atomic E-state index is 13.7. The third-order valence-corrected chi connectivity index (χ3v) is 3.91. The van der Waals surface area contributed by atoms with Gasteiger partial charge in [0.15, 0.2) is 0 Å². The number of hydrogen-bond acceptors (Lipinski definition) is 2. The van der Waals surface area contributed by atoms with Gasteiger partial charge in [0, 0.05) is 24.3 Å². The molecule has 24 heavy (non-hydrogen) atoms. The molecule has 2 aromatic rings. The van der Waals surface area contributed by atoms with Crippen molar-refractivity contribution in [3.63, 3.8) is 0 Å². The summed E-state index contributed by atoms with van der Waals surface area (Å²) in [5.41, 5.74) is 0.728. The normalized spacial score (nSPS) is 14.6. The molecule has 1 aliphatic heterocycles. The number of amides is 2. The molecule has 3 rings (SSSR count). The summed E-state index contributed by atoms with van der Waals surface area (Å²) in [6.45, 7) is 0.634. The molecule has 2 amide bonds. The lowest BCUT2D eigenvalue weighted by molar-refractivity contribution is -0.119. The molecule has 0 atom stereocenters. The quantitative estimate of drug-likeness (QED) is 0.932. The summed E-state index contributed by atoms with van der Waals surface area (Å²) >= 11 is 0. The highest BCUT2D eigenvalue weighted by Crippen LogP contribution is 2.24. The lowest BCUT2D eigenvalue weighted by Gasteiger charge is -2.27. The van der Waals surface area contributed by atoms with Crippen LogP contribution in [0.2, 0.25) is 0 Å². The van der Waals surface area contributed by atoms with Crippen molar-refractivity contribution in [2.45, 2.75) is 19.3 Å². The minimum atomic E-state index is -0.795. The van der Waals surface area contributed by atoms with E-state index in [2.05, 4.69) is 5.32 Å². The second-order valence-electron chi connectivity index (χ2n) is 5.63. The number of nitrogens with one attached hydrogen (secondary N) is 1. The van der Waals surface area contributed by atoms with E-state index in [1.54, 1.807) is 29.2 Å². The van der Waals surface area contributed by atoms with Crippen molar-refractivity contribution in [3.8, 4) is 0 Å². The number of benzene rings is 2. The second kappa shape index (κ2) is 6.78. The summed E-state index contributed by atoms with van der Waals surface area (Å²) in [6, 6.07) is 9.48. The molecule has 4 nitrogen and oxygen atoms in total. The first-order chi connectivity index (χ1) is 11.5. The number of piperidine rings is 1. The van der Waals surface area contributed by atoms with Crippen molar-refractivity contribution in [2.75, 3.05) is 16.8 Å². The van der Waals surface area contributed by atoms with Gasteiger partial charge < -0.3 is 10.2 Å². The van der Waals surface area contributed by atoms with E-state index in [0.717, 1.165) is 31.0 Å². The molecule has 1 saturated heterocycles. The van der Waals surface area contributed by atoms with E-state index in [4.69, 9.17) is 0 Å². The van der Waals surface area contributed by atoms with Crippen LogP contribution < -0.4 is 10.2 Å². The number of carbonyl (C=O) groups excluding carboxylic acids is 2. The largest absolute Gasteiger partial charge is 0.322 e. The number of anilines is 2. The first kappa shape index (κ1) is 16.1. The first-order valence-corrected chi connectivity index (χ1v) is 7.71. The number of halogens is 2. The monoisotopic (exact) mass is 330 g/mol.